The Hall–Kier alpha value is -1.61. The Bertz CT molecular complexity index is 592. The average Bonchev–Trinajstić information content (AvgIpc) is 2.43. The van der Waals surface area contributed by atoms with Crippen LogP contribution in [-0.2, 0) is 0 Å². The summed E-state index contributed by atoms with van der Waals surface area (Å²) in [6, 6.07) is 11.0. The molecule has 0 spiro atoms. The predicted octanol–water partition coefficient (Wildman–Crippen LogP) is 4.31. The minimum absolute atomic E-state index is 0.0290. The SMILES string of the molecule is COc1ccc(C(=O)c2cc(C)c(Br)c(C)c2)cc1. The molecule has 2 rings (SSSR count). The predicted molar refractivity (Wildman–Crippen MR) is 80.0 cm³/mol. The van der Waals surface area contributed by atoms with Gasteiger partial charge in [0.1, 0.15) is 5.75 Å². The summed E-state index contributed by atoms with van der Waals surface area (Å²) in [7, 11) is 1.61. The molecule has 3 heteroatoms. The number of hydrogen-bond donors (Lipinski definition) is 0. The number of halogens is 1. The minimum Gasteiger partial charge on any atom is -0.497 e. The molecule has 0 aromatic heterocycles. The quantitative estimate of drug-likeness (QED) is 0.788. The van der Waals surface area contributed by atoms with Gasteiger partial charge in [-0.05, 0) is 61.4 Å². The summed E-state index contributed by atoms with van der Waals surface area (Å²) in [6.07, 6.45) is 0. The van der Waals surface area contributed by atoms with E-state index in [1.807, 2.05) is 26.0 Å². The lowest BCUT2D eigenvalue weighted by atomic mass is 9.99. The van der Waals surface area contributed by atoms with Crippen molar-refractivity contribution in [2.24, 2.45) is 0 Å². The highest BCUT2D eigenvalue weighted by molar-refractivity contribution is 9.10. The second-order valence-corrected chi connectivity index (χ2v) is 5.27. The van der Waals surface area contributed by atoms with Crippen LogP contribution in [0.15, 0.2) is 40.9 Å². The maximum atomic E-state index is 12.4. The van der Waals surface area contributed by atoms with Crippen LogP contribution < -0.4 is 4.74 Å². The van der Waals surface area contributed by atoms with Crippen LogP contribution in [0.25, 0.3) is 0 Å². The van der Waals surface area contributed by atoms with E-state index >= 15 is 0 Å². The molecule has 0 amide bonds. The number of rotatable bonds is 3. The summed E-state index contributed by atoms with van der Waals surface area (Å²) < 4.78 is 6.15. The summed E-state index contributed by atoms with van der Waals surface area (Å²) >= 11 is 3.51. The third-order valence-corrected chi connectivity index (χ3v) is 4.30. The van der Waals surface area contributed by atoms with Crippen LogP contribution >= 0.6 is 15.9 Å². The van der Waals surface area contributed by atoms with E-state index in [9.17, 15) is 4.79 Å². The van der Waals surface area contributed by atoms with Gasteiger partial charge in [0, 0.05) is 15.6 Å². The second-order valence-electron chi connectivity index (χ2n) is 4.48. The third-order valence-electron chi connectivity index (χ3n) is 3.05. The van der Waals surface area contributed by atoms with Crippen molar-refractivity contribution in [2.75, 3.05) is 7.11 Å². The molecular formula is C16H15BrO2. The summed E-state index contributed by atoms with van der Waals surface area (Å²) in [5.41, 5.74) is 3.51. The molecule has 19 heavy (non-hydrogen) atoms. The van der Waals surface area contributed by atoms with Gasteiger partial charge in [0.05, 0.1) is 7.11 Å². The zero-order valence-corrected chi connectivity index (χ0v) is 12.7. The van der Waals surface area contributed by atoms with E-state index < -0.39 is 0 Å². The van der Waals surface area contributed by atoms with E-state index in [-0.39, 0.29) is 5.78 Å². The fourth-order valence-electron chi connectivity index (χ4n) is 1.99. The zero-order chi connectivity index (χ0) is 14.0. The van der Waals surface area contributed by atoms with Gasteiger partial charge in [0.2, 0.25) is 0 Å². The molecule has 0 aliphatic carbocycles. The molecule has 0 unspecified atom stereocenters. The van der Waals surface area contributed by atoms with Crippen molar-refractivity contribution >= 4 is 21.7 Å². The van der Waals surface area contributed by atoms with Crippen molar-refractivity contribution in [1.29, 1.82) is 0 Å². The maximum Gasteiger partial charge on any atom is 0.193 e. The van der Waals surface area contributed by atoms with Gasteiger partial charge in [0.15, 0.2) is 5.78 Å². The van der Waals surface area contributed by atoms with Gasteiger partial charge in [-0.1, -0.05) is 15.9 Å². The molecule has 2 aromatic carbocycles. The Morgan fingerprint density at radius 3 is 2.00 bits per heavy atom. The standard InChI is InChI=1S/C16H15BrO2/c1-10-8-13(9-11(2)15(10)17)16(18)12-4-6-14(19-3)7-5-12/h4-9H,1-3H3. The largest absolute Gasteiger partial charge is 0.497 e. The maximum absolute atomic E-state index is 12.4. The minimum atomic E-state index is 0.0290. The van der Waals surface area contributed by atoms with Crippen LogP contribution in [0.1, 0.15) is 27.0 Å². The van der Waals surface area contributed by atoms with Crippen molar-refractivity contribution in [3.8, 4) is 5.75 Å². The molecule has 0 radical (unpaired) electrons. The number of hydrogen-bond acceptors (Lipinski definition) is 2. The van der Waals surface area contributed by atoms with Crippen LogP contribution in [0.2, 0.25) is 0 Å². The van der Waals surface area contributed by atoms with E-state index in [2.05, 4.69) is 15.9 Å². The number of aryl methyl sites for hydroxylation is 2. The number of ether oxygens (including phenoxy) is 1. The van der Waals surface area contributed by atoms with E-state index in [0.717, 1.165) is 21.3 Å². The third kappa shape index (κ3) is 2.87. The molecule has 0 heterocycles. The van der Waals surface area contributed by atoms with Gasteiger partial charge < -0.3 is 4.74 Å². The van der Waals surface area contributed by atoms with Crippen molar-refractivity contribution < 1.29 is 9.53 Å². The number of methoxy groups -OCH3 is 1. The van der Waals surface area contributed by atoms with Crippen LogP contribution in [0.3, 0.4) is 0 Å². The molecular weight excluding hydrogens is 304 g/mol. The number of carbonyl (C=O) groups is 1. The Balaban J connectivity index is 2.38. The first-order chi connectivity index (χ1) is 9.02. The molecule has 2 aromatic rings. The topological polar surface area (TPSA) is 26.3 Å². The van der Waals surface area contributed by atoms with Crippen molar-refractivity contribution in [1.82, 2.24) is 0 Å². The lowest BCUT2D eigenvalue weighted by molar-refractivity contribution is 0.103. The summed E-state index contributed by atoms with van der Waals surface area (Å²) in [4.78, 5) is 12.4. The van der Waals surface area contributed by atoms with Crippen LogP contribution in [0.4, 0.5) is 0 Å². The van der Waals surface area contributed by atoms with Gasteiger partial charge in [-0.15, -0.1) is 0 Å². The van der Waals surface area contributed by atoms with Crippen molar-refractivity contribution in [3.05, 3.63) is 63.1 Å². The highest BCUT2D eigenvalue weighted by Crippen LogP contribution is 2.24. The Morgan fingerprint density at radius 2 is 1.53 bits per heavy atom. The normalized spacial score (nSPS) is 10.3. The summed E-state index contributed by atoms with van der Waals surface area (Å²) in [6.45, 7) is 3.98. The second kappa shape index (κ2) is 5.57. The number of carbonyl (C=O) groups excluding carboxylic acids is 1. The van der Waals surface area contributed by atoms with E-state index in [0.29, 0.717) is 11.1 Å². The molecule has 0 fully saturated rings. The number of benzene rings is 2. The Morgan fingerprint density at radius 1 is 1.00 bits per heavy atom. The highest BCUT2D eigenvalue weighted by atomic mass is 79.9. The molecule has 0 aliphatic heterocycles. The molecule has 98 valence electrons. The first kappa shape index (κ1) is 13.8. The molecule has 2 nitrogen and oxygen atoms in total. The number of ketones is 1. The van der Waals surface area contributed by atoms with Crippen LogP contribution in [0, 0.1) is 13.8 Å². The molecule has 0 aliphatic rings. The van der Waals surface area contributed by atoms with E-state index in [4.69, 9.17) is 4.74 Å². The van der Waals surface area contributed by atoms with Gasteiger partial charge >= 0.3 is 0 Å². The van der Waals surface area contributed by atoms with E-state index in [1.165, 1.54) is 0 Å². The molecule has 0 saturated heterocycles. The van der Waals surface area contributed by atoms with Crippen molar-refractivity contribution in [3.63, 3.8) is 0 Å². The smallest absolute Gasteiger partial charge is 0.193 e. The van der Waals surface area contributed by atoms with Gasteiger partial charge in [-0.2, -0.15) is 0 Å². The van der Waals surface area contributed by atoms with Crippen LogP contribution in [0.5, 0.6) is 5.75 Å². The fourth-order valence-corrected chi connectivity index (χ4v) is 2.21. The lowest BCUT2D eigenvalue weighted by Gasteiger charge is -2.08. The molecule has 0 atom stereocenters. The monoisotopic (exact) mass is 318 g/mol. The molecule has 0 saturated carbocycles. The average molecular weight is 319 g/mol. The molecule has 0 bridgehead atoms. The fraction of sp³-hybridized carbons (Fsp3) is 0.188. The van der Waals surface area contributed by atoms with Gasteiger partial charge in [0.25, 0.3) is 0 Å². The van der Waals surface area contributed by atoms with Gasteiger partial charge in [-0.3, -0.25) is 4.79 Å². The Labute approximate surface area is 121 Å². The highest BCUT2D eigenvalue weighted by Gasteiger charge is 2.12. The van der Waals surface area contributed by atoms with Crippen molar-refractivity contribution in [2.45, 2.75) is 13.8 Å². The first-order valence-corrected chi connectivity index (χ1v) is 6.77. The van der Waals surface area contributed by atoms with E-state index in [1.54, 1.807) is 31.4 Å². The summed E-state index contributed by atoms with van der Waals surface area (Å²) in [5, 5.41) is 0. The van der Waals surface area contributed by atoms with Crippen LogP contribution in [-0.4, -0.2) is 12.9 Å². The first-order valence-electron chi connectivity index (χ1n) is 5.98. The lowest BCUT2D eigenvalue weighted by Crippen LogP contribution is -2.02. The Kier molecular flexibility index (Phi) is 4.05. The van der Waals surface area contributed by atoms with Gasteiger partial charge in [-0.25, -0.2) is 0 Å². The molecule has 0 N–H and O–H groups in total. The summed E-state index contributed by atoms with van der Waals surface area (Å²) in [5.74, 6) is 0.779. The zero-order valence-electron chi connectivity index (χ0n) is 11.2.